The summed E-state index contributed by atoms with van der Waals surface area (Å²) in [6, 6.07) is 5.26. The molecular formula is C21H34N6O. The van der Waals surface area contributed by atoms with Crippen molar-refractivity contribution >= 4 is 5.96 Å². The fourth-order valence-electron chi connectivity index (χ4n) is 3.19. The number of guanidine groups is 1. The molecular weight excluding hydrogens is 352 g/mol. The van der Waals surface area contributed by atoms with Crippen LogP contribution in [0.4, 0.5) is 0 Å². The Hall–Kier alpha value is -2.57. The van der Waals surface area contributed by atoms with Crippen LogP contribution in [0, 0.1) is 0 Å². The molecule has 0 fully saturated rings. The van der Waals surface area contributed by atoms with Gasteiger partial charge >= 0.3 is 0 Å². The molecule has 0 radical (unpaired) electrons. The van der Waals surface area contributed by atoms with Gasteiger partial charge in [-0.2, -0.15) is 5.10 Å². The van der Waals surface area contributed by atoms with E-state index in [0.29, 0.717) is 5.92 Å². The Labute approximate surface area is 168 Å². The number of nitrogens with one attached hydrogen (secondary N) is 1. The molecule has 0 aliphatic heterocycles. The smallest absolute Gasteiger partial charge is 0.250 e. The molecule has 2 aromatic rings. The van der Waals surface area contributed by atoms with E-state index in [1.807, 2.05) is 24.0 Å². The second-order valence-electron chi connectivity index (χ2n) is 7.40. The van der Waals surface area contributed by atoms with Crippen molar-refractivity contribution in [3.05, 3.63) is 52.2 Å². The first-order chi connectivity index (χ1) is 13.4. The first-order valence-electron chi connectivity index (χ1n) is 10.1. The third kappa shape index (κ3) is 6.25. The number of unbranched alkanes of at least 4 members (excludes halogenated alkanes) is 1. The van der Waals surface area contributed by atoms with Crippen LogP contribution in [0.1, 0.15) is 50.8 Å². The minimum Gasteiger partial charge on any atom is -0.357 e. The molecule has 2 rings (SSSR count). The standard InChI is InChI=1S/C21H34N6O/c1-6-22-21(23-12-8-10-14-27-13-9-7-11-19(27)28)25(4)15-18-16-26(5)24-20(18)17(2)3/h7,9,11,13,16-17H,6,8,10,12,14-15H2,1-5H3,(H,22,23). The number of aryl methyl sites for hydroxylation is 2. The van der Waals surface area contributed by atoms with Crippen molar-refractivity contribution in [3.63, 3.8) is 0 Å². The topological polar surface area (TPSA) is 67.5 Å². The molecule has 0 aromatic carbocycles. The van der Waals surface area contributed by atoms with Crippen molar-refractivity contribution in [3.8, 4) is 0 Å². The van der Waals surface area contributed by atoms with Crippen molar-refractivity contribution in [1.29, 1.82) is 0 Å². The zero-order valence-electron chi connectivity index (χ0n) is 17.9. The van der Waals surface area contributed by atoms with Crippen LogP contribution < -0.4 is 10.9 Å². The maximum Gasteiger partial charge on any atom is 0.250 e. The Balaban J connectivity index is 1.92. The molecule has 0 aliphatic carbocycles. The van der Waals surface area contributed by atoms with Crippen molar-refractivity contribution < 1.29 is 0 Å². The second kappa shape index (κ2) is 10.7. The molecule has 0 saturated carbocycles. The number of aromatic nitrogens is 3. The average molecular weight is 387 g/mol. The quantitative estimate of drug-likeness (QED) is 0.409. The SMILES string of the molecule is CCNC(=NCCCCn1ccccc1=O)N(C)Cc1cn(C)nc1C(C)C. The van der Waals surface area contributed by atoms with E-state index < -0.39 is 0 Å². The summed E-state index contributed by atoms with van der Waals surface area (Å²) in [5.74, 6) is 1.29. The lowest BCUT2D eigenvalue weighted by Gasteiger charge is -2.22. The van der Waals surface area contributed by atoms with E-state index in [-0.39, 0.29) is 5.56 Å². The molecule has 2 aromatic heterocycles. The van der Waals surface area contributed by atoms with E-state index in [1.54, 1.807) is 16.7 Å². The number of hydrogen-bond donors (Lipinski definition) is 1. The van der Waals surface area contributed by atoms with Gasteiger partial charge in [0.1, 0.15) is 0 Å². The Kier molecular flexibility index (Phi) is 8.29. The van der Waals surface area contributed by atoms with Gasteiger partial charge in [-0.1, -0.05) is 19.9 Å². The summed E-state index contributed by atoms with van der Waals surface area (Å²) in [6.07, 6.45) is 5.79. The summed E-state index contributed by atoms with van der Waals surface area (Å²) >= 11 is 0. The first-order valence-corrected chi connectivity index (χ1v) is 10.1. The van der Waals surface area contributed by atoms with Crippen LogP contribution in [0.15, 0.2) is 40.4 Å². The van der Waals surface area contributed by atoms with E-state index in [1.165, 1.54) is 5.56 Å². The monoisotopic (exact) mass is 386 g/mol. The third-order valence-corrected chi connectivity index (χ3v) is 4.56. The van der Waals surface area contributed by atoms with Crippen molar-refractivity contribution in [2.75, 3.05) is 20.1 Å². The Morgan fingerprint density at radius 3 is 2.79 bits per heavy atom. The van der Waals surface area contributed by atoms with Crippen LogP contribution in [-0.4, -0.2) is 45.3 Å². The second-order valence-corrected chi connectivity index (χ2v) is 7.40. The van der Waals surface area contributed by atoms with Gasteiger partial charge in [0.25, 0.3) is 0 Å². The lowest BCUT2D eigenvalue weighted by molar-refractivity contribution is 0.472. The zero-order valence-corrected chi connectivity index (χ0v) is 17.9. The third-order valence-electron chi connectivity index (χ3n) is 4.56. The van der Waals surface area contributed by atoms with Crippen LogP contribution in [0.5, 0.6) is 0 Å². The first kappa shape index (κ1) is 21.7. The molecule has 0 spiro atoms. The van der Waals surface area contributed by atoms with Crippen LogP contribution in [0.2, 0.25) is 0 Å². The summed E-state index contributed by atoms with van der Waals surface area (Å²) < 4.78 is 3.63. The summed E-state index contributed by atoms with van der Waals surface area (Å²) in [7, 11) is 4.02. The predicted molar refractivity (Wildman–Crippen MR) is 115 cm³/mol. The van der Waals surface area contributed by atoms with E-state index in [9.17, 15) is 4.79 Å². The van der Waals surface area contributed by atoms with Crippen molar-refractivity contribution in [1.82, 2.24) is 24.6 Å². The van der Waals surface area contributed by atoms with Gasteiger partial charge in [-0.25, -0.2) is 0 Å². The maximum absolute atomic E-state index is 11.7. The highest BCUT2D eigenvalue weighted by Gasteiger charge is 2.15. The minimum absolute atomic E-state index is 0.0523. The van der Waals surface area contributed by atoms with Crippen LogP contribution in [0.25, 0.3) is 0 Å². The fourth-order valence-corrected chi connectivity index (χ4v) is 3.19. The van der Waals surface area contributed by atoms with E-state index in [2.05, 4.69) is 49.3 Å². The Morgan fingerprint density at radius 2 is 2.11 bits per heavy atom. The largest absolute Gasteiger partial charge is 0.357 e. The molecule has 0 unspecified atom stereocenters. The predicted octanol–water partition coefficient (Wildman–Crippen LogP) is 2.58. The van der Waals surface area contributed by atoms with Crippen LogP contribution in [0.3, 0.4) is 0 Å². The van der Waals surface area contributed by atoms with Gasteiger partial charge in [0, 0.05) is 64.3 Å². The molecule has 1 N–H and O–H groups in total. The fraction of sp³-hybridized carbons (Fsp3) is 0.571. The zero-order chi connectivity index (χ0) is 20.5. The molecule has 28 heavy (non-hydrogen) atoms. The van der Waals surface area contributed by atoms with Gasteiger partial charge in [-0.15, -0.1) is 0 Å². The van der Waals surface area contributed by atoms with Gasteiger partial charge in [-0.05, 0) is 31.7 Å². The van der Waals surface area contributed by atoms with Crippen LogP contribution in [-0.2, 0) is 20.1 Å². The summed E-state index contributed by atoms with van der Waals surface area (Å²) in [6.45, 7) is 9.48. The molecule has 0 saturated heterocycles. The van der Waals surface area contributed by atoms with E-state index >= 15 is 0 Å². The normalized spacial score (nSPS) is 11.9. The van der Waals surface area contributed by atoms with Crippen LogP contribution >= 0.6 is 0 Å². The lowest BCUT2D eigenvalue weighted by atomic mass is 10.1. The molecule has 2 heterocycles. The summed E-state index contributed by atoms with van der Waals surface area (Å²) in [4.78, 5) is 18.6. The van der Waals surface area contributed by atoms with Gasteiger partial charge in [0.15, 0.2) is 5.96 Å². The highest BCUT2D eigenvalue weighted by molar-refractivity contribution is 5.79. The number of nitrogens with zero attached hydrogens (tertiary/aromatic N) is 5. The lowest BCUT2D eigenvalue weighted by Crippen LogP contribution is -2.38. The van der Waals surface area contributed by atoms with Crippen molar-refractivity contribution in [2.45, 2.75) is 52.6 Å². The van der Waals surface area contributed by atoms with Gasteiger partial charge in [0.2, 0.25) is 5.56 Å². The highest BCUT2D eigenvalue weighted by Crippen LogP contribution is 2.18. The average Bonchev–Trinajstić information content (AvgIpc) is 3.02. The molecule has 0 bridgehead atoms. The molecule has 154 valence electrons. The van der Waals surface area contributed by atoms with Gasteiger partial charge in [-0.3, -0.25) is 14.5 Å². The molecule has 0 amide bonds. The Bertz CT molecular complexity index is 820. The van der Waals surface area contributed by atoms with E-state index in [0.717, 1.165) is 50.7 Å². The molecule has 7 nitrogen and oxygen atoms in total. The summed E-state index contributed by atoms with van der Waals surface area (Å²) in [5.41, 5.74) is 2.42. The maximum atomic E-state index is 11.7. The number of hydrogen-bond acceptors (Lipinski definition) is 3. The molecule has 7 heteroatoms. The number of pyridine rings is 1. The van der Waals surface area contributed by atoms with E-state index in [4.69, 9.17) is 4.99 Å². The molecule has 0 aliphatic rings. The minimum atomic E-state index is 0.0523. The number of rotatable bonds is 9. The van der Waals surface area contributed by atoms with Crippen molar-refractivity contribution in [2.24, 2.45) is 12.0 Å². The highest BCUT2D eigenvalue weighted by atomic mass is 16.1. The number of aliphatic imine (C=N–C) groups is 1. The van der Waals surface area contributed by atoms with Gasteiger partial charge < -0.3 is 14.8 Å². The molecule has 0 atom stereocenters. The summed E-state index contributed by atoms with van der Waals surface area (Å²) in [5, 5.41) is 7.96. The Morgan fingerprint density at radius 1 is 1.32 bits per heavy atom. The van der Waals surface area contributed by atoms with Gasteiger partial charge in [0.05, 0.1) is 5.69 Å².